The lowest BCUT2D eigenvalue weighted by molar-refractivity contribution is -0.119. The van der Waals surface area contributed by atoms with Gasteiger partial charge in [-0.25, -0.2) is 9.78 Å². The first kappa shape index (κ1) is 18.8. The lowest BCUT2D eigenvalue weighted by atomic mass is 10.1. The number of carbonyl (C=O) groups excluding carboxylic acids is 2. The van der Waals surface area contributed by atoms with Crippen LogP contribution in [0, 0.1) is 13.8 Å². The number of ether oxygens (including phenoxy) is 1. The van der Waals surface area contributed by atoms with Crippen LogP contribution in [0.25, 0.3) is 11.4 Å². The van der Waals surface area contributed by atoms with Crippen molar-refractivity contribution >= 4 is 33.5 Å². The van der Waals surface area contributed by atoms with Gasteiger partial charge in [0.25, 0.3) is 5.91 Å². The number of hydrogen-bond acceptors (Lipinski definition) is 4. The zero-order valence-electron chi connectivity index (χ0n) is 14.9. The van der Waals surface area contributed by atoms with Crippen LogP contribution in [0.15, 0.2) is 53.0 Å². The average molecular weight is 428 g/mol. The number of anilines is 1. The maximum absolute atomic E-state index is 12.1. The van der Waals surface area contributed by atoms with Gasteiger partial charge in [0, 0.05) is 21.4 Å². The fourth-order valence-electron chi connectivity index (χ4n) is 2.39. The van der Waals surface area contributed by atoms with Crippen LogP contribution in [0.4, 0.5) is 5.69 Å². The van der Waals surface area contributed by atoms with E-state index in [-0.39, 0.29) is 6.61 Å². The summed E-state index contributed by atoms with van der Waals surface area (Å²) in [6, 6.07) is 14.0. The van der Waals surface area contributed by atoms with Gasteiger partial charge in [-0.3, -0.25) is 4.79 Å². The number of H-pyrrole nitrogens is 1. The number of esters is 1. The molecular formula is C20H18BrN3O3. The molecule has 1 heterocycles. The summed E-state index contributed by atoms with van der Waals surface area (Å²) >= 11 is 3.32. The molecule has 0 radical (unpaired) electrons. The highest BCUT2D eigenvalue weighted by Gasteiger charge is 2.12. The van der Waals surface area contributed by atoms with Crippen LogP contribution < -0.4 is 5.32 Å². The van der Waals surface area contributed by atoms with Crippen molar-refractivity contribution in [1.29, 1.82) is 0 Å². The number of amides is 1. The number of nitrogens with zero attached hydrogens (tertiary/aromatic N) is 1. The van der Waals surface area contributed by atoms with Gasteiger partial charge in [-0.15, -0.1) is 0 Å². The third-order valence-corrected chi connectivity index (χ3v) is 4.51. The van der Waals surface area contributed by atoms with Crippen LogP contribution in [0.5, 0.6) is 0 Å². The summed E-state index contributed by atoms with van der Waals surface area (Å²) in [5.41, 5.74) is 3.81. The number of aromatic amines is 1. The third-order valence-electron chi connectivity index (χ3n) is 3.98. The Balaban J connectivity index is 1.56. The molecule has 138 valence electrons. The Morgan fingerprint density at radius 1 is 1.07 bits per heavy atom. The molecular weight excluding hydrogens is 410 g/mol. The number of aryl methyl sites for hydroxylation is 2. The maximum Gasteiger partial charge on any atom is 0.338 e. The fraction of sp³-hybridized carbons (Fsp3) is 0.150. The summed E-state index contributed by atoms with van der Waals surface area (Å²) in [4.78, 5) is 31.6. The Labute approximate surface area is 165 Å². The molecule has 0 spiro atoms. The molecule has 7 heteroatoms. The number of hydrogen-bond donors (Lipinski definition) is 2. The molecule has 6 nitrogen and oxygen atoms in total. The van der Waals surface area contributed by atoms with Gasteiger partial charge < -0.3 is 15.0 Å². The Bertz CT molecular complexity index is 944. The second-order valence-corrected chi connectivity index (χ2v) is 6.92. The minimum atomic E-state index is -0.556. The van der Waals surface area contributed by atoms with Gasteiger partial charge in [0.1, 0.15) is 5.82 Å². The molecule has 2 N–H and O–H groups in total. The van der Waals surface area contributed by atoms with Crippen molar-refractivity contribution in [2.45, 2.75) is 13.8 Å². The highest BCUT2D eigenvalue weighted by Crippen LogP contribution is 2.19. The van der Waals surface area contributed by atoms with Crippen molar-refractivity contribution in [1.82, 2.24) is 9.97 Å². The molecule has 0 aliphatic heterocycles. The number of carbonyl (C=O) groups is 2. The van der Waals surface area contributed by atoms with Crippen LogP contribution in [0.1, 0.15) is 21.7 Å². The molecule has 0 unspecified atom stereocenters. The van der Waals surface area contributed by atoms with Crippen LogP contribution in [-0.4, -0.2) is 28.5 Å². The summed E-state index contributed by atoms with van der Waals surface area (Å²) in [6.07, 6.45) is 0. The minimum absolute atomic E-state index is 0.354. The van der Waals surface area contributed by atoms with Gasteiger partial charge in [-0.2, -0.15) is 0 Å². The van der Waals surface area contributed by atoms with Gasteiger partial charge in [-0.05, 0) is 50.2 Å². The molecule has 3 rings (SSSR count). The first-order valence-corrected chi connectivity index (χ1v) is 9.08. The molecule has 0 atom stereocenters. The normalized spacial score (nSPS) is 10.5. The van der Waals surface area contributed by atoms with E-state index in [1.54, 1.807) is 36.4 Å². The molecule has 0 saturated heterocycles. The van der Waals surface area contributed by atoms with Crippen LogP contribution in [0.3, 0.4) is 0 Å². The van der Waals surface area contributed by atoms with E-state index in [0.717, 1.165) is 27.2 Å². The quantitative estimate of drug-likeness (QED) is 0.595. The van der Waals surface area contributed by atoms with E-state index in [1.165, 1.54) is 0 Å². The lowest BCUT2D eigenvalue weighted by Gasteiger charge is -2.07. The molecule has 0 aliphatic carbocycles. The zero-order valence-corrected chi connectivity index (χ0v) is 16.5. The fourth-order valence-corrected chi connectivity index (χ4v) is 2.66. The molecule has 27 heavy (non-hydrogen) atoms. The number of aromatic nitrogens is 2. The van der Waals surface area contributed by atoms with Gasteiger partial charge in [-0.1, -0.05) is 28.1 Å². The molecule has 2 aromatic carbocycles. The first-order valence-electron chi connectivity index (χ1n) is 8.28. The number of benzene rings is 2. The smallest absolute Gasteiger partial charge is 0.338 e. The summed E-state index contributed by atoms with van der Waals surface area (Å²) in [6.45, 7) is 3.53. The summed E-state index contributed by atoms with van der Waals surface area (Å²) in [5, 5.41) is 2.66. The topological polar surface area (TPSA) is 84.1 Å². The average Bonchev–Trinajstić information content (AvgIpc) is 3.00. The van der Waals surface area contributed by atoms with E-state index in [4.69, 9.17) is 4.74 Å². The number of imidazole rings is 1. The zero-order chi connectivity index (χ0) is 19.4. The van der Waals surface area contributed by atoms with E-state index in [0.29, 0.717) is 11.3 Å². The van der Waals surface area contributed by atoms with Crippen molar-refractivity contribution in [3.8, 4) is 11.4 Å². The minimum Gasteiger partial charge on any atom is -0.452 e. The van der Waals surface area contributed by atoms with Gasteiger partial charge >= 0.3 is 5.97 Å². The second kappa shape index (κ2) is 8.18. The van der Waals surface area contributed by atoms with Gasteiger partial charge in [0.15, 0.2) is 6.61 Å². The largest absolute Gasteiger partial charge is 0.452 e. The summed E-state index contributed by atoms with van der Waals surface area (Å²) < 4.78 is 5.98. The lowest BCUT2D eigenvalue weighted by Crippen LogP contribution is -2.20. The molecule has 0 aliphatic rings. The van der Waals surface area contributed by atoms with E-state index < -0.39 is 11.9 Å². The SMILES string of the molecule is Cc1nc(-c2ccc(C(=O)OCC(=O)Nc3ccc(Br)cc3)cc2)[nH]c1C. The van der Waals surface area contributed by atoms with E-state index in [2.05, 4.69) is 31.2 Å². The standard InChI is InChI=1S/C20H18BrN3O3/c1-12-13(2)23-19(22-12)14-3-5-15(6-4-14)20(26)27-11-18(25)24-17-9-7-16(21)8-10-17/h3-10H,11H2,1-2H3,(H,22,23)(H,24,25). The van der Waals surface area contributed by atoms with E-state index in [9.17, 15) is 9.59 Å². The molecule has 0 fully saturated rings. The number of halogens is 1. The Morgan fingerprint density at radius 3 is 2.33 bits per heavy atom. The van der Waals surface area contributed by atoms with E-state index >= 15 is 0 Å². The Kier molecular flexibility index (Phi) is 5.71. The number of nitrogens with one attached hydrogen (secondary N) is 2. The van der Waals surface area contributed by atoms with Crippen molar-refractivity contribution in [3.05, 3.63) is 70.0 Å². The summed E-state index contributed by atoms with van der Waals surface area (Å²) in [5.74, 6) is -0.207. The van der Waals surface area contributed by atoms with E-state index in [1.807, 2.05) is 26.0 Å². The number of rotatable bonds is 5. The van der Waals surface area contributed by atoms with Crippen LogP contribution >= 0.6 is 15.9 Å². The molecule has 3 aromatic rings. The van der Waals surface area contributed by atoms with Crippen molar-refractivity contribution in [3.63, 3.8) is 0 Å². The van der Waals surface area contributed by atoms with Gasteiger partial charge in [0.2, 0.25) is 0 Å². The third kappa shape index (κ3) is 4.83. The predicted molar refractivity (Wildman–Crippen MR) is 107 cm³/mol. The van der Waals surface area contributed by atoms with Crippen molar-refractivity contribution < 1.29 is 14.3 Å². The second-order valence-electron chi connectivity index (χ2n) is 6.00. The maximum atomic E-state index is 12.1. The first-order chi connectivity index (χ1) is 12.9. The molecule has 0 bridgehead atoms. The molecule has 1 amide bonds. The Morgan fingerprint density at radius 2 is 1.74 bits per heavy atom. The van der Waals surface area contributed by atoms with Crippen LogP contribution in [0.2, 0.25) is 0 Å². The molecule has 0 saturated carbocycles. The van der Waals surface area contributed by atoms with Crippen molar-refractivity contribution in [2.75, 3.05) is 11.9 Å². The van der Waals surface area contributed by atoms with Crippen LogP contribution in [-0.2, 0) is 9.53 Å². The monoisotopic (exact) mass is 427 g/mol. The van der Waals surface area contributed by atoms with Crippen molar-refractivity contribution in [2.24, 2.45) is 0 Å². The highest BCUT2D eigenvalue weighted by molar-refractivity contribution is 9.10. The molecule has 1 aromatic heterocycles. The van der Waals surface area contributed by atoms with Gasteiger partial charge in [0.05, 0.1) is 11.3 Å². The summed E-state index contributed by atoms with van der Waals surface area (Å²) in [7, 11) is 0. The predicted octanol–water partition coefficient (Wildman–Crippen LogP) is 4.25. The highest BCUT2D eigenvalue weighted by atomic mass is 79.9. The Hall–Kier alpha value is -2.93.